The third kappa shape index (κ3) is 2.71. The summed E-state index contributed by atoms with van der Waals surface area (Å²) < 4.78 is 14.5. The second kappa shape index (κ2) is 5.36. The zero-order valence-electron chi connectivity index (χ0n) is 10.7. The minimum atomic E-state index is -0.229. The molecule has 2 aromatic heterocycles. The SMILES string of the molecule is C[I-]C(C)(C(=O)OCCc1cc2ccc1o2)C1N[I-]1. The average Bonchev–Trinajstić information content (AvgIpc) is 3.08. The summed E-state index contributed by atoms with van der Waals surface area (Å²) >= 11 is -0.120. The second-order valence-corrected chi connectivity index (χ2v) is 10.4. The fourth-order valence-corrected chi connectivity index (χ4v) is 7.85. The minimum absolute atomic E-state index is 0.0182. The summed E-state index contributed by atoms with van der Waals surface area (Å²) in [7, 11) is 0. The zero-order valence-corrected chi connectivity index (χ0v) is 15.0. The van der Waals surface area contributed by atoms with E-state index in [1.807, 2.05) is 18.2 Å². The van der Waals surface area contributed by atoms with Gasteiger partial charge in [-0.1, -0.05) is 0 Å². The summed E-state index contributed by atoms with van der Waals surface area (Å²) in [5.41, 5.74) is 2.94. The summed E-state index contributed by atoms with van der Waals surface area (Å²) in [6.07, 6.45) is 0.736. The Hall–Kier alpha value is -0.0900. The number of hydrogen-bond donors (Lipinski definition) is 1. The van der Waals surface area contributed by atoms with E-state index in [2.05, 4.69) is 15.4 Å². The fraction of sp³-hybridized carbons (Fsp3) is 0.462. The van der Waals surface area contributed by atoms with Crippen LogP contribution in [0.3, 0.4) is 0 Å². The molecule has 0 amide bonds. The molecule has 19 heavy (non-hydrogen) atoms. The van der Waals surface area contributed by atoms with Crippen LogP contribution in [0.5, 0.6) is 0 Å². The van der Waals surface area contributed by atoms with Crippen LogP contribution in [0.2, 0.25) is 0 Å². The number of ether oxygens (including phenoxy) is 1. The van der Waals surface area contributed by atoms with Crippen LogP contribution in [0.4, 0.5) is 0 Å². The summed E-state index contributed by atoms with van der Waals surface area (Å²) in [5, 5.41) is 0. The second-order valence-electron chi connectivity index (χ2n) is 4.60. The molecule has 2 aromatic rings. The van der Waals surface area contributed by atoms with Crippen LogP contribution < -0.4 is 46.2 Å². The van der Waals surface area contributed by atoms with Gasteiger partial charge in [-0.2, -0.15) is 0 Å². The molecular weight excluding hydrogens is 472 g/mol. The van der Waals surface area contributed by atoms with E-state index in [9.17, 15) is 4.79 Å². The molecule has 3 heterocycles. The predicted octanol–water partition coefficient (Wildman–Crippen LogP) is -4.63. The van der Waals surface area contributed by atoms with E-state index in [1.54, 1.807) is 0 Å². The number of alkyl halides is 3. The van der Waals surface area contributed by atoms with Crippen LogP contribution in [-0.4, -0.2) is 25.0 Å². The van der Waals surface area contributed by atoms with E-state index in [1.165, 1.54) is 0 Å². The molecule has 106 valence electrons. The Labute approximate surface area is 132 Å². The Morgan fingerprint density at radius 1 is 1.63 bits per heavy atom. The van der Waals surface area contributed by atoms with Crippen LogP contribution in [0, 0.1) is 0 Å². The fourth-order valence-electron chi connectivity index (χ4n) is 1.95. The standard InChI is InChI=1S/C13H15I2NO3/c1-13(14-2,11-15-16-11)12(17)18-6-5-8-7-9-3-4-10(8)19-9/h3-4,7,11,16H,5-6H2,1-2H3/q-2. The van der Waals surface area contributed by atoms with Gasteiger partial charge < -0.3 is 0 Å². The molecule has 2 atom stereocenters. The van der Waals surface area contributed by atoms with Gasteiger partial charge in [0.1, 0.15) is 0 Å². The third-order valence-corrected chi connectivity index (χ3v) is 10.3. The van der Waals surface area contributed by atoms with Crippen molar-refractivity contribution >= 4 is 17.1 Å². The molecule has 0 aliphatic carbocycles. The van der Waals surface area contributed by atoms with E-state index in [0.717, 1.165) is 23.2 Å². The number of benzene rings is 1. The molecule has 1 fully saturated rings. The Bertz CT molecular complexity index is 581. The first-order valence-corrected chi connectivity index (χ1v) is 11.6. The van der Waals surface area contributed by atoms with Gasteiger partial charge in [0.2, 0.25) is 0 Å². The van der Waals surface area contributed by atoms with Gasteiger partial charge in [-0.15, -0.1) is 0 Å². The summed E-state index contributed by atoms with van der Waals surface area (Å²) in [6.45, 7) is 2.50. The number of furan rings is 2. The van der Waals surface area contributed by atoms with Gasteiger partial charge >= 0.3 is 133 Å². The van der Waals surface area contributed by atoms with Gasteiger partial charge in [0.15, 0.2) is 0 Å². The molecule has 1 aliphatic heterocycles. The summed E-state index contributed by atoms with van der Waals surface area (Å²) in [6, 6.07) is 5.93. The zero-order chi connectivity index (χ0) is 13.5. The van der Waals surface area contributed by atoms with Crippen molar-refractivity contribution in [1.82, 2.24) is 3.53 Å². The Balaban J connectivity index is 1.54. The van der Waals surface area contributed by atoms with Gasteiger partial charge in [0.05, 0.1) is 0 Å². The molecule has 0 aromatic carbocycles. The van der Waals surface area contributed by atoms with Crippen molar-refractivity contribution in [2.75, 3.05) is 11.5 Å². The number of rotatable bonds is 6. The summed E-state index contributed by atoms with van der Waals surface area (Å²) in [4.78, 5) is 14.4. The van der Waals surface area contributed by atoms with Gasteiger partial charge in [-0.05, 0) is 0 Å². The maximum absolute atomic E-state index is 12.2. The van der Waals surface area contributed by atoms with Gasteiger partial charge in [0, 0.05) is 0 Å². The number of halogens is 2. The van der Waals surface area contributed by atoms with Gasteiger partial charge in [0.25, 0.3) is 0 Å². The van der Waals surface area contributed by atoms with Gasteiger partial charge in [-0.25, -0.2) is 0 Å². The number of esters is 1. The van der Waals surface area contributed by atoms with Crippen molar-refractivity contribution in [2.45, 2.75) is 20.8 Å². The van der Waals surface area contributed by atoms with Crippen molar-refractivity contribution < 1.29 is 56.6 Å². The quantitative estimate of drug-likeness (QED) is 0.111. The van der Waals surface area contributed by atoms with E-state index >= 15 is 0 Å². The normalized spacial score (nSPS) is 22.1. The molecule has 6 heteroatoms. The Kier molecular flexibility index (Phi) is 3.91. The van der Waals surface area contributed by atoms with Crippen LogP contribution in [0.1, 0.15) is 12.5 Å². The first kappa shape index (κ1) is 13.9. The van der Waals surface area contributed by atoms with Crippen LogP contribution >= 0.6 is 0 Å². The molecule has 0 radical (unpaired) electrons. The van der Waals surface area contributed by atoms with Crippen molar-refractivity contribution in [3.05, 3.63) is 23.8 Å². The maximum atomic E-state index is 12.2. The van der Waals surface area contributed by atoms with Crippen LogP contribution in [0.25, 0.3) is 11.2 Å². The first-order chi connectivity index (χ1) is 9.13. The molecule has 2 bridgehead atoms. The van der Waals surface area contributed by atoms with Crippen molar-refractivity contribution in [2.24, 2.45) is 0 Å². The van der Waals surface area contributed by atoms with E-state index in [4.69, 9.17) is 9.15 Å². The first-order valence-electron chi connectivity index (χ1n) is 6.00. The van der Waals surface area contributed by atoms with E-state index < -0.39 is 0 Å². The number of fused-ring (bicyclic) bond motifs is 2. The number of carbonyl (C=O) groups excluding carboxylic acids is 1. The van der Waals surface area contributed by atoms with E-state index in [0.29, 0.717) is 10.7 Å². The van der Waals surface area contributed by atoms with E-state index in [-0.39, 0.29) is 52.1 Å². The molecule has 1 saturated heterocycles. The topological polar surface area (TPSA) is 61.4 Å². The monoisotopic (exact) mass is 487 g/mol. The summed E-state index contributed by atoms with van der Waals surface area (Å²) in [5.74, 6) is -0.0182. The molecule has 4 nitrogen and oxygen atoms in total. The van der Waals surface area contributed by atoms with Crippen LogP contribution in [0.15, 0.2) is 22.6 Å². The Morgan fingerprint density at radius 3 is 2.95 bits per heavy atom. The molecule has 1 N–H and O–H groups in total. The average molecular weight is 487 g/mol. The van der Waals surface area contributed by atoms with Gasteiger partial charge in [-0.3, -0.25) is 0 Å². The van der Waals surface area contributed by atoms with Crippen LogP contribution in [-0.2, 0) is 16.0 Å². The van der Waals surface area contributed by atoms with Crippen molar-refractivity contribution in [1.29, 1.82) is 0 Å². The molecule has 3 rings (SSSR count). The number of carbonyl (C=O) groups is 1. The molecule has 0 spiro atoms. The Morgan fingerprint density at radius 2 is 2.42 bits per heavy atom. The molecular formula is C13H15I2NO3-2. The molecule has 0 saturated carbocycles. The number of nitrogens with one attached hydrogen (secondary N) is 1. The van der Waals surface area contributed by atoms with Crippen molar-refractivity contribution in [3.8, 4) is 0 Å². The third-order valence-electron chi connectivity index (χ3n) is 3.35. The predicted molar refractivity (Wildman–Crippen MR) is 63.3 cm³/mol. The number of hydrogen-bond acceptors (Lipinski definition) is 4. The molecule has 1 aliphatic rings. The van der Waals surface area contributed by atoms with Crippen molar-refractivity contribution in [3.63, 3.8) is 0 Å². The molecule has 2 unspecified atom stereocenters.